The first-order valence-corrected chi connectivity index (χ1v) is 16.5. The van der Waals surface area contributed by atoms with Crippen LogP contribution in [-0.2, 0) is 32.6 Å². The Morgan fingerprint density at radius 3 is 2.17 bits per heavy atom. The fourth-order valence-electron chi connectivity index (χ4n) is 5.08. The normalized spacial score (nSPS) is 11.8. The molecule has 2 amide bonds. The number of nitrogens with zero attached hydrogens (tertiary/aromatic N) is 3. The second kappa shape index (κ2) is 15.8. The molecular formula is C35H38N4O6S. The highest BCUT2D eigenvalue weighted by Gasteiger charge is 2.35. The highest BCUT2D eigenvalue weighted by atomic mass is 32.2. The Hall–Kier alpha value is -5.03. The monoisotopic (exact) mass is 642 g/mol. The average Bonchev–Trinajstić information content (AvgIpc) is 3.06. The van der Waals surface area contributed by atoms with Crippen LogP contribution >= 0.6 is 0 Å². The third kappa shape index (κ3) is 8.79. The van der Waals surface area contributed by atoms with Crippen LogP contribution in [0.4, 0.5) is 11.4 Å². The van der Waals surface area contributed by atoms with Gasteiger partial charge in [-0.2, -0.15) is 0 Å². The summed E-state index contributed by atoms with van der Waals surface area (Å²) in [6.45, 7) is 3.70. The molecule has 1 N–H and O–H groups in total. The van der Waals surface area contributed by atoms with Gasteiger partial charge in [-0.05, 0) is 42.7 Å². The van der Waals surface area contributed by atoms with Gasteiger partial charge in [0.25, 0.3) is 15.7 Å². The molecule has 0 spiro atoms. The number of nitro benzene ring substituents is 1. The molecule has 240 valence electrons. The van der Waals surface area contributed by atoms with Gasteiger partial charge in [0.2, 0.25) is 11.8 Å². The molecule has 0 heterocycles. The molecule has 0 bridgehead atoms. The Balaban J connectivity index is 1.81. The average molecular weight is 643 g/mol. The molecule has 11 heteroatoms. The lowest BCUT2D eigenvalue weighted by molar-refractivity contribution is -0.384. The number of carbonyl (C=O) groups excluding carboxylic acids is 2. The van der Waals surface area contributed by atoms with Crippen molar-refractivity contribution in [2.45, 2.75) is 50.6 Å². The number of hydrogen-bond acceptors (Lipinski definition) is 6. The van der Waals surface area contributed by atoms with E-state index in [9.17, 15) is 28.1 Å². The second-order valence-corrected chi connectivity index (χ2v) is 12.8. The molecule has 4 aromatic carbocycles. The fraction of sp³-hybridized carbons (Fsp3) is 0.257. The molecule has 0 aliphatic carbocycles. The molecule has 1 atom stereocenters. The van der Waals surface area contributed by atoms with Crippen LogP contribution in [-0.4, -0.2) is 49.2 Å². The molecule has 0 saturated heterocycles. The Morgan fingerprint density at radius 2 is 1.52 bits per heavy atom. The van der Waals surface area contributed by atoms with Crippen molar-refractivity contribution < 1.29 is 22.9 Å². The summed E-state index contributed by atoms with van der Waals surface area (Å²) >= 11 is 0. The van der Waals surface area contributed by atoms with Gasteiger partial charge < -0.3 is 10.2 Å². The minimum atomic E-state index is -4.36. The first-order valence-electron chi connectivity index (χ1n) is 15.1. The number of sulfonamides is 1. The van der Waals surface area contributed by atoms with E-state index in [0.717, 1.165) is 39.9 Å². The standard InChI is InChI=1S/C35H38N4O6S/c1-3-4-21-36-35(41)33(23-28-14-7-5-8-15-28)37(25-29-16-11-13-27(2)22-29)34(40)26-38(30-17-12-18-31(24-30)39(42)43)46(44,45)32-19-9-6-10-20-32/h5-20,22,24,33H,3-4,21,23,25-26H2,1-2H3,(H,36,41)/t33-/m0/s1. The summed E-state index contributed by atoms with van der Waals surface area (Å²) in [5, 5.41) is 14.6. The summed E-state index contributed by atoms with van der Waals surface area (Å²) in [7, 11) is -4.36. The summed E-state index contributed by atoms with van der Waals surface area (Å²) in [4.78, 5) is 40.6. The SMILES string of the molecule is CCCCNC(=O)[C@H](Cc1ccccc1)N(Cc1cccc(C)c1)C(=O)CN(c1cccc([N+](=O)[O-])c1)S(=O)(=O)c1ccccc1. The third-order valence-corrected chi connectivity index (χ3v) is 9.26. The lowest BCUT2D eigenvalue weighted by Gasteiger charge is -2.34. The molecular weight excluding hydrogens is 604 g/mol. The fourth-order valence-corrected chi connectivity index (χ4v) is 6.50. The van der Waals surface area contributed by atoms with Gasteiger partial charge >= 0.3 is 0 Å². The summed E-state index contributed by atoms with van der Waals surface area (Å²) in [6, 6.07) is 28.6. The molecule has 0 fully saturated rings. The molecule has 4 rings (SSSR count). The van der Waals surface area contributed by atoms with Crippen molar-refractivity contribution in [3.63, 3.8) is 0 Å². The van der Waals surface area contributed by atoms with Crippen LogP contribution in [0.2, 0.25) is 0 Å². The van der Waals surface area contributed by atoms with E-state index in [0.29, 0.717) is 6.54 Å². The summed E-state index contributed by atoms with van der Waals surface area (Å²) < 4.78 is 29.0. The van der Waals surface area contributed by atoms with Crippen LogP contribution < -0.4 is 9.62 Å². The number of nitro groups is 1. The maximum absolute atomic E-state index is 14.5. The summed E-state index contributed by atoms with van der Waals surface area (Å²) in [6.07, 6.45) is 1.81. The van der Waals surface area contributed by atoms with Gasteiger partial charge in [-0.15, -0.1) is 0 Å². The predicted molar refractivity (Wildman–Crippen MR) is 178 cm³/mol. The highest BCUT2D eigenvalue weighted by Crippen LogP contribution is 2.28. The van der Waals surface area contributed by atoms with Crippen molar-refractivity contribution in [3.05, 3.63) is 136 Å². The Labute approximate surface area is 269 Å². The van der Waals surface area contributed by atoms with Gasteiger partial charge in [-0.3, -0.25) is 24.0 Å². The Kier molecular flexibility index (Phi) is 11.6. The lowest BCUT2D eigenvalue weighted by Crippen LogP contribution is -2.53. The molecule has 0 saturated carbocycles. The van der Waals surface area contributed by atoms with Crippen molar-refractivity contribution in [2.75, 3.05) is 17.4 Å². The number of hydrogen-bond donors (Lipinski definition) is 1. The number of rotatable bonds is 15. The van der Waals surface area contributed by atoms with Crippen LogP contribution in [0.25, 0.3) is 0 Å². The van der Waals surface area contributed by atoms with E-state index in [-0.39, 0.29) is 35.1 Å². The minimum absolute atomic E-state index is 0.0351. The second-order valence-electron chi connectivity index (χ2n) is 11.0. The van der Waals surface area contributed by atoms with Crippen LogP contribution in [0.5, 0.6) is 0 Å². The van der Waals surface area contributed by atoms with E-state index in [1.54, 1.807) is 18.2 Å². The third-order valence-electron chi connectivity index (χ3n) is 7.47. The Morgan fingerprint density at radius 1 is 0.870 bits per heavy atom. The van der Waals surface area contributed by atoms with Gasteiger partial charge in [-0.1, -0.05) is 97.8 Å². The van der Waals surface area contributed by atoms with E-state index >= 15 is 0 Å². The van der Waals surface area contributed by atoms with E-state index in [4.69, 9.17) is 0 Å². The summed E-state index contributed by atoms with van der Waals surface area (Å²) in [5.41, 5.74) is 2.18. The topological polar surface area (TPSA) is 130 Å². The van der Waals surface area contributed by atoms with E-state index in [2.05, 4.69) is 5.32 Å². The maximum atomic E-state index is 14.5. The number of carbonyl (C=O) groups is 2. The van der Waals surface area contributed by atoms with Crippen LogP contribution in [0, 0.1) is 17.0 Å². The lowest BCUT2D eigenvalue weighted by atomic mass is 10.0. The van der Waals surface area contributed by atoms with E-state index in [1.165, 1.54) is 35.2 Å². The quantitative estimate of drug-likeness (QED) is 0.101. The number of unbranched alkanes of at least 4 members (excludes halogenated alkanes) is 1. The molecule has 0 aliphatic rings. The van der Waals surface area contributed by atoms with Crippen molar-refractivity contribution in [2.24, 2.45) is 0 Å². The van der Waals surface area contributed by atoms with Crippen molar-refractivity contribution in [1.29, 1.82) is 0 Å². The van der Waals surface area contributed by atoms with Gasteiger partial charge in [0.15, 0.2) is 0 Å². The highest BCUT2D eigenvalue weighted by molar-refractivity contribution is 7.92. The van der Waals surface area contributed by atoms with Gasteiger partial charge in [0.05, 0.1) is 15.5 Å². The molecule has 4 aromatic rings. The first-order chi connectivity index (χ1) is 22.1. The largest absolute Gasteiger partial charge is 0.354 e. The summed E-state index contributed by atoms with van der Waals surface area (Å²) in [5.74, 6) is -0.995. The number of amides is 2. The number of anilines is 1. The zero-order valence-corrected chi connectivity index (χ0v) is 26.7. The van der Waals surface area contributed by atoms with E-state index < -0.39 is 33.4 Å². The van der Waals surface area contributed by atoms with Crippen LogP contribution in [0.15, 0.2) is 114 Å². The molecule has 46 heavy (non-hydrogen) atoms. The zero-order chi connectivity index (χ0) is 33.1. The van der Waals surface area contributed by atoms with Crippen molar-refractivity contribution in [3.8, 4) is 0 Å². The molecule has 10 nitrogen and oxygen atoms in total. The molecule has 0 unspecified atom stereocenters. The van der Waals surface area contributed by atoms with Crippen LogP contribution in [0.1, 0.15) is 36.5 Å². The minimum Gasteiger partial charge on any atom is -0.354 e. The molecule has 0 aromatic heterocycles. The van der Waals surface area contributed by atoms with Crippen molar-refractivity contribution >= 4 is 33.2 Å². The van der Waals surface area contributed by atoms with Crippen molar-refractivity contribution in [1.82, 2.24) is 10.2 Å². The number of benzene rings is 4. The van der Waals surface area contributed by atoms with Gasteiger partial charge in [0.1, 0.15) is 12.6 Å². The molecule has 0 aliphatic heterocycles. The van der Waals surface area contributed by atoms with Gasteiger partial charge in [0, 0.05) is 31.6 Å². The zero-order valence-electron chi connectivity index (χ0n) is 25.9. The predicted octanol–water partition coefficient (Wildman–Crippen LogP) is 5.65. The molecule has 0 radical (unpaired) electrons. The van der Waals surface area contributed by atoms with Gasteiger partial charge in [-0.25, -0.2) is 8.42 Å². The maximum Gasteiger partial charge on any atom is 0.271 e. The smallest absolute Gasteiger partial charge is 0.271 e. The Bertz CT molecular complexity index is 1750. The van der Waals surface area contributed by atoms with E-state index in [1.807, 2.05) is 68.4 Å². The first kappa shape index (κ1) is 33.9. The number of nitrogens with one attached hydrogen (secondary N) is 1. The number of aryl methyl sites for hydroxylation is 1. The van der Waals surface area contributed by atoms with Crippen LogP contribution in [0.3, 0.4) is 0 Å². The number of non-ortho nitro benzene ring substituents is 1.